The Morgan fingerprint density at radius 3 is 1.89 bits per heavy atom. The Labute approximate surface area is 102 Å². The summed E-state index contributed by atoms with van der Waals surface area (Å²) in [5.41, 5.74) is 0. The molecule has 0 aromatic heterocycles. The van der Waals surface area contributed by atoms with Crippen LogP contribution in [-0.4, -0.2) is 87.3 Å². The fourth-order valence-corrected chi connectivity index (χ4v) is 0.198. The first-order chi connectivity index (χ1) is 3.18. The Bertz CT molecular complexity index is 79.5. The van der Waals surface area contributed by atoms with Gasteiger partial charge in [-0.25, -0.2) is 4.79 Å². The molecule has 1 unspecified atom stereocenters. The van der Waals surface area contributed by atoms with Crippen molar-refractivity contribution in [1.82, 2.24) is 0 Å². The summed E-state index contributed by atoms with van der Waals surface area (Å²) in [7, 11) is 0. The maximum atomic E-state index is 9.60. The second-order valence-electron chi connectivity index (χ2n) is 1.01. The van der Waals surface area contributed by atoms with Crippen molar-refractivity contribution in [2.24, 2.45) is 0 Å². The van der Waals surface area contributed by atoms with E-state index in [4.69, 9.17) is 21.8 Å². The number of hydrogen-bond donors (Lipinski definition) is 2. The molecule has 0 saturated carbocycles. The first-order valence-electron chi connectivity index (χ1n) is 1.65. The molecule has 0 fully saturated rings. The van der Waals surface area contributed by atoms with Gasteiger partial charge in [0.1, 0.15) is 0 Å². The van der Waals surface area contributed by atoms with E-state index in [1.807, 2.05) is 0 Å². The first kappa shape index (κ1) is 17.0. The average molecular weight is 173 g/mol. The number of carboxylic acids is 1. The summed E-state index contributed by atoms with van der Waals surface area (Å²) >= 11 is 4.92. The number of aliphatic hydroxyl groups is 1. The van der Waals surface area contributed by atoms with Crippen molar-refractivity contribution < 1.29 is 15.0 Å². The van der Waals surface area contributed by atoms with Crippen LogP contribution in [0, 0.1) is 0 Å². The second kappa shape index (κ2) is 9.72. The third-order valence-electron chi connectivity index (χ3n) is 0.431. The van der Waals surface area contributed by atoms with Gasteiger partial charge in [0.2, 0.25) is 0 Å². The molecule has 0 aromatic carbocycles. The van der Waals surface area contributed by atoms with Gasteiger partial charge in [0, 0.05) is 0 Å². The van der Waals surface area contributed by atoms with Gasteiger partial charge in [-0.2, -0.15) is 0 Å². The van der Waals surface area contributed by atoms with Crippen LogP contribution in [0.2, 0.25) is 0 Å². The third-order valence-corrected chi connectivity index (χ3v) is 0.724. The van der Waals surface area contributed by atoms with Crippen molar-refractivity contribution in [2.45, 2.75) is 6.10 Å². The van der Waals surface area contributed by atoms with E-state index in [-0.39, 0.29) is 65.0 Å². The third kappa shape index (κ3) is 9.72. The number of aliphatic hydroxyl groups excluding tert-OH is 1. The van der Waals surface area contributed by atoms with Crippen molar-refractivity contribution in [2.75, 3.05) is 5.88 Å². The predicted molar refractivity (Wildman–Crippen MR) is 38.7 cm³/mol. The Kier molecular flexibility index (Phi) is 18.4. The number of halogens is 1. The molecule has 46 valence electrons. The number of rotatable bonds is 2. The summed E-state index contributed by atoms with van der Waals surface area (Å²) in [6.45, 7) is 0. The van der Waals surface area contributed by atoms with E-state index < -0.39 is 12.1 Å². The minimum atomic E-state index is -1.42. The maximum absolute atomic E-state index is 9.60. The van der Waals surface area contributed by atoms with Gasteiger partial charge >= 0.3 is 65.1 Å². The van der Waals surface area contributed by atoms with E-state index in [1.54, 1.807) is 0 Å². The zero-order chi connectivity index (χ0) is 5.86. The molecule has 0 aliphatic carbocycles. The van der Waals surface area contributed by atoms with Crippen LogP contribution >= 0.6 is 11.6 Å². The molecule has 0 aliphatic rings. The molecule has 0 saturated heterocycles. The summed E-state index contributed by atoms with van der Waals surface area (Å²) in [6, 6.07) is 0. The van der Waals surface area contributed by atoms with Crippen molar-refractivity contribution >= 4 is 76.7 Å². The minimum absolute atomic E-state index is 0. The van der Waals surface area contributed by atoms with Crippen LogP contribution in [0.5, 0.6) is 0 Å². The molecular weight excluding hydrogens is 165 g/mol. The van der Waals surface area contributed by atoms with Crippen LogP contribution in [0.1, 0.15) is 0 Å². The zero-order valence-corrected chi connectivity index (χ0v) is 4.22. The van der Waals surface area contributed by atoms with Crippen LogP contribution in [0.3, 0.4) is 0 Å². The van der Waals surface area contributed by atoms with E-state index in [9.17, 15) is 4.79 Å². The summed E-state index contributed by atoms with van der Waals surface area (Å²) in [5.74, 6) is -1.54. The van der Waals surface area contributed by atoms with Gasteiger partial charge in [-0.1, -0.05) is 0 Å². The standard InChI is InChI=1S/C3H5ClO3.2Na.2H/c4-1-2(5)3(6)7;;;;/h2,5H,1H2,(H,6,7);;;;. The van der Waals surface area contributed by atoms with Gasteiger partial charge in [0.05, 0.1) is 5.88 Å². The number of carboxylic acid groups (broad SMARTS) is 1. The normalized spacial score (nSPS) is 10.4. The van der Waals surface area contributed by atoms with Crippen molar-refractivity contribution in [1.29, 1.82) is 0 Å². The van der Waals surface area contributed by atoms with E-state index in [2.05, 4.69) is 0 Å². The Hall–Kier alpha value is 1.72. The van der Waals surface area contributed by atoms with Crippen molar-refractivity contribution in [3.8, 4) is 0 Å². The predicted octanol–water partition coefficient (Wildman–Crippen LogP) is -1.63. The zero-order valence-electron chi connectivity index (χ0n) is 3.47. The topological polar surface area (TPSA) is 57.5 Å². The van der Waals surface area contributed by atoms with E-state index in [0.29, 0.717) is 0 Å². The number of aliphatic carboxylic acids is 1. The van der Waals surface area contributed by atoms with Gasteiger partial charge in [-0.3, -0.25) is 0 Å². The molecule has 0 spiro atoms. The van der Waals surface area contributed by atoms with Crippen LogP contribution < -0.4 is 0 Å². The Morgan fingerprint density at radius 1 is 1.56 bits per heavy atom. The van der Waals surface area contributed by atoms with Gasteiger partial charge in [-0.05, 0) is 0 Å². The van der Waals surface area contributed by atoms with Gasteiger partial charge in [-0.15, -0.1) is 11.6 Å². The first-order valence-corrected chi connectivity index (χ1v) is 2.18. The van der Waals surface area contributed by atoms with E-state index in [1.165, 1.54) is 0 Å². The molecule has 0 heterocycles. The fraction of sp³-hybridized carbons (Fsp3) is 0.667. The number of hydrogen-bond acceptors (Lipinski definition) is 2. The molecule has 0 radical (unpaired) electrons. The summed E-state index contributed by atoms with van der Waals surface area (Å²) in [5, 5.41) is 16.1. The van der Waals surface area contributed by atoms with Crippen LogP contribution in [0.4, 0.5) is 0 Å². The molecular formula is C3H7ClNa2O3. The average Bonchev–Trinajstić information content (AvgIpc) is 1.65. The Morgan fingerprint density at radius 2 is 1.89 bits per heavy atom. The molecule has 0 rings (SSSR count). The number of alkyl halides is 1. The molecule has 0 amide bonds. The molecule has 1 atom stereocenters. The van der Waals surface area contributed by atoms with Gasteiger partial charge in [0.15, 0.2) is 6.10 Å². The van der Waals surface area contributed by atoms with Crippen LogP contribution in [-0.2, 0) is 4.79 Å². The summed E-state index contributed by atoms with van der Waals surface area (Å²) in [4.78, 5) is 9.60. The molecule has 0 aliphatic heterocycles. The van der Waals surface area contributed by atoms with Gasteiger partial charge < -0.3 is 10.2 Å². The SMILES string of the molecule is O=C(O)C(O)CCl.[NaH].[NaH]. The van der Waals surface area contributed by atoms with Crippen LogP contribution in [0.15, 0.2) is 0 Å². The molecule has 2 N–H and O–H groups in total. The molecule has 0 aromatic rings. The molecule has 6 heteroatoms. The fourth-order valence-electron chi connectivity index (χ4n) is 0.0660. The van der Waals surface area contributed by atoms with E-state index in [0.717, 1.165) is 0 Å². The van der Waals surface area contributed by atoms with Gasteiger partial charge in [0.25, 0.3) is 0 Å². The molecule has 0 bridgehead atoms. The van der Waals surface area contributed by atoms with Crippen molar-refractivity contribution in [3.05, 3.63) is 0 Å². The van der Waals surface area contributed by atoms with Crippen molar-refractivity contribution in [3.63, 3.8) is 0 Å². The quantitative estimate of drug-likeness (QED) is 0.389. The molecule has 9 heavy (non-hydrogen) atoms. The molecule has 3 nitrogen and oxygen atoms in total. The summed E-state index contributed by atoms with van der Waals surface area (Å²) < 4.78 is 0. The summed E-state index contributed by atoms with van der Waals surface area (Å²) in [6.07, 6.45) is -1.42. The van der Waals surface area contributed by atoms with Crippen LogP contribution in [0.25, 0.3) is 0 Å². The monoisotopic (exact) mass is 172 g/mol. The Balaban J connectivity index is -0.000000180. The second-order valence-corrected chi connectivity index (χ2v) is 1.32. The number of carbonyl (C=O) groups is 1. The van der Waals surface area contributed by atoms with E-state index >= 15 is 0 Å².